The van der Waals surface area contributed by atoms with Crippen molar-refractivity contribution in [3.63, 3.8) is 0 Å². The van der Waals surface area contributed by atoms with Gasteiger partial charge in [-0.3, -0.25) is 9.78 Å². The van der Waals surface area contributed by atoms with Gasteiger partial charge in [-0.1, -0.05) is 0 Å². The Balaban J connectivity index is 2.89. The van der Waals surface area contributed by atoms with E-state index in [-0.39, 0.29) is 11.9 Å². The van der Waals surface area contributed by atoms with E-state index < -0.39 is 0 Å². The average Bonchev–Trinajstić information content (AvgIpc) is 2.15. The van der Waals surface area contributed by atoms with E-state index in [9.17, 15) is 4.79 Å². The molecule has 1 aromatic rings. The fourth-order valence-electron chi connectivity index (χ4n) is 0.967. The van der Waals surface area contributed by atoms with Crippen molar-refractivity contribution in [3.8, 4) is 0 Å². The average molecular weight is 257 g/mol. The number of aromatic nitrogens is 1. The second-order valence-corrected chi connectivity index (χ2v) is 4.32. The summed E-state index contributed by atoms with van der Waals surface area (Å²) in [5.41, 5.74) is 0.607. The largest absolute Gasteiger partial charge is 0.339 e. The molecule has 0 aliphatic carbocycles. The second-order valence-electron chi connectivity index (χ2n) is 3.40. The normalized spacial score (nSPS) is 10.4. The van der Waals surface area contributed by atoms with Crippen molar-refractivity contribution in [3.05, 3.63) is 28.5 Å². The first-order chi connectivity index (χ1) is 6.52. The van der Waals surface area contributed by atoms with Crippen LogP contribution in [0.2, 0.25) is 0 Å². The Bertz CT molecular complexity index is 339. The van der Waals surface area contributed by atoms with E-state index in [4.69, 9.17) is 0 Å². The van der Waals surface area contributed by atoms with Gasteiger partial charge in [0.25, 0.3) is 5.91 Å². The molecule has 0 aliphatic rings. The number of amides is 1. The van der Waals surface area contributed by atoms with Crippen molar-refractivity contribution in [2.24, 2.45) is 0 Å². The van der Waals surface area contributed by atoms with Crippen LogP contribution < -0.4 is 0 Å². The second kappa shape index (κ2) is 4.55. The minimum absolute atomic E-state index is 0.00574. The molecule has 1 aromatic heterocycles. The number of carbonyl (C=O) groups excluding carboxylic acids is 1. The fourth-order valence-corrected chi connectivity index (χ4v) is 1.33. The predicted molar refractivity (Wildman–Crippen MR) is 59.2 cm³/mol. The van der Waals surface area contributed by atoms with Crippen LogP contribution in [0.5, 0.6) is 0 Å². The van der Waals surface area contributed by atoms with Gasteiger partial charge in [0.05, 0.1) is 5.56 Å². The molecule has 1 heterocycles. The van der Waals surface area contributed by atoms with Crippen LogP contribution in [0.25, 0.3) is 0 Å². The summed E-state index contributed by atoms with van der Waals surface area (Å²) in [6, 6.07) is 1.97. The minimum Gasteiger partial charge on any atom is -0.339 e. The lowest BCUT2D eigenvalue weighted by atomic mass is 10.2. The quantitative estimate of drug-likeness (QED) is 0.814. The number of nitrogens with zero attached hydrogens (tertiary/aromatic N) is 2. The molecule has 0 atom stereocenters. The number of hydrogen-bond donors (Lipinski definition) is 0. The van der Waals surface area contributed by atoms with Gasteiger partial charge in [0.15, 0.2) is 0 Å². The Morgan fingerprint density at radius 2 is 2.14 bits per heavy atom. The molecule has 3 nitrogen and oxygen atoms in total. The van der Waals surface area contributed by atoms with E-state index in [0.717, 1.165) is 4.47 Å². The van der Waals surface area contributed by atoms with Gasteiger partial charge in [0.1, 0.15) is 0 Å². The van der Waals surface area contributed by atoms with Gasteiger partial charge in [0.2, 0.25) is 0 Å². The molecule has 0 aliphatic heterocycles. The number of rotatable bonds is 2. The van der Waals surface area contributed by atoms with E-state index in [1.165, 1.54) is 0 Å². The van der Waals surface area contributed by atoms with E-state index in [0.29, 0.717) is 5.56 Å². The van der Waals surface area contributed by atoms with Crippen LogP contribution in [0, 0.1) is 0 Å². The number of hydrogen-bond acceptors (Lipinski definition) is 2. The topological polar surface area (TPSA) is 33.2 Å². The van der Waals surface area contributed by atoms with E-state index in [2.05, 4.69) is 20.9 Å². The summed E-state index contributed by atoms with van der Waals surface area (Å²) >= 11 is 3.28. The van der Waals surface area contributed by atoms with Crippen LogP contribution in [0.1, 0.15) is 24.2 Å². The van der Waals surface area contributed by atoms with Gasteiger partial charge in [-0.05, 0) is 35.8 Å². The highest BCUT2D eigenvalue weighted by Crippen LogP contribution is 2.12. The SMILES string of the molecule is CC(C)N(C)C(=O)c1cncc(Br)c1. The summed E-state index contributed by atoms with van der Waals surface area (Å²) in [5.74, 6) is -0.00574. The zero-order chi connectivity index (χ0) is 10.7. The maximum absolute atomic E-state index is 11.8. The fraction of sp³-hybridized carbons (Fsp3) is 0.400. The van der Waals surface area contributed by atoms with Crippen molar-refractivity contribution in [2.75, 3.05) is 7.05 Å². The molecule has 4 heteroatoms. The Morgan fingerprint density at radius 3 is 2.64 bits per heavy atom. The van der Waals surface area contributed by atoms with Crippen molar-refractivity contribution in [2.45, 2.75) is 19.9 Å². The third kappa shape index (κ3) is 2.54. The zero-order valence-corrected chi connectivity index (χ0v) is 10.1. The highest BCUT2D eigenvalue weighted by molar-refractivity contribution is 9.10. The number of halogens is 1. The smallest absolute Gasteiger partial charge is 0.255 e. The minimum atomic E-state index is -0.00574. The molecule has 1 amide bonds. The third-order valence-electron chi connectivity index (χ3n) is 2.05. The highest BCUT2D eigenvalue weighted by atomic mass is 79.9. The molecule has 1 rings (SSSR count). The maximum atomic E-state index is 11.8. The molecule has 0 bridgehead atoms. The Morgan fingerprint density at radius 1 is 1.50 bits per heavy atom. The van der Waals surface area contributed by atoms with Crippen molar-refractivity contribution in [1.82, 2.24) is 9.88 Å². The summed E-state index contributed by atoms with van der Waals surface area (Å²) in [4.78, 5) is 17.4. The van der Waals surface area contributed by atoms with E-state index in [1.807, 2.05) is 13.8 Å². The summed E-state index contributed by atoms with van der Waals surface area (Å²) in [7, 11) is 1.79. The lowest BCUT2D eigenvalue weighted by molar-refractivity contribution is 0.0754. The standard InChI is InChI=1S/C10H13BrN2O/c1-7(2)13(3)10(14)8-4-9(11)6-12-5-8/h4-7H,1-3H3. The Labute approximate surface area is 92.3 Å². The molecule has 0 radical (unpaired) electrons. The maximum Gasteiger partial charge on any atom is 0.255 e. The number of carbonyl (C=O) groups is 1. The molecule has 14 heavy (non-hydrogen) atoms. The molecule has 0 N–H and O–H groups in total. The molecule has 0 saturated heterocycles. The van der Waals surface area contributed by atoms with Gasteiger partial charge in [-0.25, -0.2) is 0 Å². The number of pyridine rings is 1. The van der Waals surface area contributed by atoms with Crippen LogP contribution >= 0.6 is 15.9 Å². The van der Waals surface area contributed by atoms with Crippen molar-refractivity contribution < 1.29 is 4.79 Å². The first-order valence-electron chi connectivity index (χ1n) is 4.40. The molecular formula is C10H13BrN2O. The predicted octanol–water partition coefficient (Wildman–Crippen LogP) is 2.32. The lowest BCUT2D eigenvalue weighted by Gasteiger charge is -2.21. The Hall–Kier alpha value is -0.900. The lowest BCUT2D eigenvalue weighted by Crippen LogP contribution is -2.33. The van der Waals surface area contributed by atoms with Gasteiger partial charge in [-0.15, -0.1) is 0 Å². The summed E-state index contributed by atoms with van der Waals surface area (Å²) in [6.07, 6.45) is 3.23. The van der Waals surface area contributed by atoms with Crippen molar-refractivity contribution >= 4 is 21.8 Å². The molecule has 0 spiro atoms. The van der Waals surface area contributed by atoms with Crippen LogP contribution in [-0.2, 0) is 0 Å². The third-order valence-corrected chi connectivity index (χ3v) is 2.48. The van der Waals surface area contributed by atoms with Gasteiger partial charge >= 0.3 is 0 Å². The molecule has 0 saturated carbocycles. The van der Waals surface area contributed by atoms with E-state index >= 15 is 0 Å². The van der Waals surface area contributed by atoms with Crippen LogP contribution in [-0.4, -0.2) is 28.9 Å². The van der Waals surface area contributed by atoms with Gasteiger partial charge in [-0.2, -0.15) is 0 Å². The monoisotopic (exact) mass is 256 g/mol. The first-order valence-corrected chi connectivity index (χ1v) is 5.19. The molecule has 76 valence electrons. The zero-order valence-electron chi connectivity index (χ0n) is 8.49. The molecule has 0 unspecified atom stereocenters. The van der Waals surface area contributed by atoms with Gasteiger partial charge < -0.3 is 4.90 Å². The first kappa shape index (κ1) is 11.2. The summed E-state index contributed by atoms with van der Waals surface area (Å²) in [6.45, 7) is 3.95. The molecular weight excluding hydrogens is 244 g/mol. The molecule has 0 aromatic carbocycles. The van der Waals surface area contributed by atoms with Crippen LogP contribution in [0.3, 0.4) is 0 Å². The van der Waals surface area contributed by atoms with Gasteiger partial charge in [0, 0.05) is 30.0 Å². The summed E-state index contributed by atoms with van der Waals surface area (Å²) < 4.78 is 0.820. The highest BCUT2D eigenvalue weighted by Gasteiger charge is 2.14. The molecule has 0 fully saturated rings. The van der Waals surface area contributed by atoms with E-state index in [1.54, 1.807) is 30.4 Å². The summed E-state index contributed by atoms with van der Waals surface area (Å²) in [5, 5.41) is 0. The van der Waals surface area contributed by atoms with Crippen LogP contribution in [0.15, 0.2) is 22.9 Å². The Kier molecular flexibility index (Phi) is 3.63. The van der Waals surface area contributed by atoms with Crippen molar-refractivity contribution in [1.29, 1.82) is 0 Å². The van der Waals surface area contributed by atoms with Crippen LogP contribution in [0.4, 0.5) is 0 Å².